The Labute approximate surface area is 111 Å². The smallest absolute Gasteiger partial charge is 0.266 e. The summed E-state index contributed by atoms with van der Waals surface area (Å²) in [4.78, 5) is 1.35. The molecule has 1 aromatic rings. The van der Waals surface area contributed by atoms with Gasteiger partial charge in [0.2, 0.25) is 0 Å². The standard InChI is InChI=1S/C11H18N5OS/c1-12-9-16(6-5-10-4-3-7-18-10)8-11(17-2)13-14-15-16/h3-4,7-8,12H,5-6,9H2,1-2H3,(H,13,15)/q+1. The first-order valence-electron chi connectivity index (χ1n) is 5.77. The summed E-state index contributed by atoms with van der Waals surface area (Å²) in [6.07, 6.45) is 2.91. The number of methoxy groups -OCH3 is 1. The number of hydrogen-bond donors (Lipinski definition) is 2. The molecule has 6 nitrogen and oxygen atoms in total. The molecular formula is C11H18N5OS+. The van der Waals surface area contributed by atoms with Gasteiger partial charge in [0.1, 0.15) is 6.54 Å². The maximum atomic E-state index is 5.19. The Balaban J connectivity index is 2.08. The van der Waals surface area contributed by atoms with Gasteiger partial charge in [-0.05, 0) is 23.7 Å². The maximum absolute atomic E-state index is 5.19. The van der Waals surface area contributed by atoms with Crippen LogP contribution in [0.5, 0.6) is 0 Å². The lowest BCUT2D eigenvalue weighted by Crippen LogP contribution is -2.47. The third-order valence-electron chi connectivity index (χ3n) is 2.72. The molecule has 0 spiro atoms. The van der Waals surface area contributed by atoms with Gasteiger partial charge in [-0.3, -0.25) is 5.32 Å². The first-order chi connectivity index (χ1) is 8.78. The van der Waals surface area contributed by atoms with Gasteiger partial charge in [-0.15, -0.1) is 15.9 Å². The van der Waals surface area contributed by atoms with Crippen LogP contribution < -0.4 is 10.7 Å². The van der Waals surface area contributed by atoms with Gasteiger partial charge >= 0.3 is 0 Å². The van der Waals surface area contributed by atoms with Gasteiger partial charge in [0.25, 0.3) is 5.88 Å². The molecule has 2 heterocycles. The summed E-state index contributed by atoms with van der Waals surface area (Å²) in [5, 5.41) is 13.4. The van der Waals surface area contributed by atoms with E-state index in [2.05, 4.69) is 38.7 Å². The molecule has 2 N–H and O–H groups in total. The van der Waals surface area contributed by atoms with E-state index >= 15 is 0 Å². The lowest BCUT2D eigenvalue weighted by molar-refractivity contribution is -0.896. The monoisotopic (exact) mass is 268 g/mol. The summed E-state index contributed by atoms with van der Waals surface area (Å²) in [6, 6.07) is 4.21. The zero-order chi connectivity index (χ0) is 12.8. The fraction of sp³-hybridized carbons (Fsp3) is 0.455. The van der Waals surface area contributed by atoms with E-state index in [4.69, 9.17) is 4.74 Å². The maximum Gasteiger partial charge on any atom is 0.266 e. The quantitative estimate of drug-likeness (QED) is 0.771. The fourth-order valence-electron chi connectivity index (χ4n) is 1.83. The molecule has 0 saturated carbocycles. The lowest BCUT2D eigenvalue weighted by atomic mass is 10.3. The lowest BCUT2D eigenvalue weighted by Gasteiger charge is -2.28. The van der Waals surface area contributed by atoms with Crippen LogP contribution in [0, 0.1) is 0 Å². The van der Waals surface area contributed by atoms with E-state index in [0.29, 0.717) is 17.1 Å². The molecule has 0 aromatic carbocycles. The second-order valence-corrected chi connectivity index (χ2v) is 5.08. The number of hydrogen-bond acceptors (Lipinski definition) is 6. The fourth-order valence-corrected chi connectivity index (χ4v) is 2.53. The minimum Gasteiger partial charge on any atom is -0.477 e. The van der Waals surface area contributed by atoms with Gasteiger partial charge in [-0.1, -0.05) is 6.07 Å². The highest BCUT2D eigenvalue weighted by atomic mass is 32.1. The van der Waals surface area contributed by atoms with Gasteiger partial charge in [-0.25, -0.2) is 5.43 Å². The zero-order valence-electron chi connectivity index (χ0n) is 10.6. The molecule has 0 radical (unpaired) electrons. The molecule has 98 valence electrons. The second kappa shape index (κ2) is 5.94. The molecule has 1 aromatic heterocycles. The van der Waals surface area contributed by atoms with Crippen LogP contribution in [-0.4, -0.2) is 32.0 Å². The Morgan fingerprint density at radius 3 is 3.11 bits per heavy atom. The van der Waals surface area contributed by atoms with Crippen molar-refractivity contribution in [3.8, 4) is 0 Å². The number of rotatable bonds is 6. The number of quaternary nitrogens is 1. The van der Waals surface area contributed by atoms with E-state index in [1.807, 2.05) is 13.2 Å². The van der Waals surface area contributed by atoms with Crippen LogP contribution in [0.3, 0.4) is 0 Å². The van der Waals surface area contributed by atoms with Crippen LogP contribution in [0.4, 0.5) is 0 Å². The van der Waals surface area contributed by atoms with Crippen LogP contribution in [0.2, 0.25) is 0 Å². The van der Waals surface area contributed by atoms with E-state index in [0.717, 1.165) is 13.0 Å². The zero-order valence-corrected chi connectivity index (χ0v) is 11.4. The highest BCUT2D eigenvalue weighted by Crippen LogP contribution is 2.18. The van der Waals surface area contributed by atoms with Crippen molar-refractivity contribution in [2.75, 3.05) is 27.4 Å². The summed E-state index contributed by atoms with van der Waals surface area (Å²) in [7, 11) is 3.52. The number of ether oxygens (including phenoxy) is 1. The van der Waals surface area contributed by atoms with E-state index in [1.54, 1.807) is 18.4 Å². The summed E-state index contributed by atoms with van der Waals surface area (Å²) in [5.41, 5.74) is 2.73. The Hall–Kier alpha value is -1.44. The summed E-state index contributed by atoms with van der Waals surface area (Å²) in [5.74, 6) is 0.631. The number of nitrogens with zero attached hydrogens (tertiary/aromatic N) is 3. The van der Waals surface area contributed by atoms with Crippen molar-refractivity contribution in [2.24, 2.45) is 10.4 Å². The van der Waals surface area contributed by atoms with E-state index in [9.17, 15) is 0 Å². The van der Waals surface area contributed by atoms with Crippen molar-refractivity contribution in [1.82, 2.24) is 10.7 Å². The summed E-state index contributed by atoms with van der Waals surface area (Å²) in [6.45, 7) is 1.53. The highest BCUT2D eigenvalue weighted by Gasteiger charge is 2.30. The molecule has 1 aliphatic rings. The van der Waals surface area contributed by atoms with Crippen molar-refractivity contribution in [1.29, 1.82) is 0 Å². The van der Waals surface area contributed by atoms with Gasteiger partial charge in [0, 0.05) is 11.3 Å². The first-order valence-corrected chi connectivity index (χ1v) is 6.65. The Kier molecular flexibility index (Phi) is 4.29. The first kappa shape index (κ1) is 13.0. The normalized spacial score (nSPS) is 22.4. The molecule has 0 saturated heterocycles. The molecule has 1 atom stereocenters. The number of thiophene rings is 1. The minimum absolute atomic E-state index is 0.393. The molecule has 1 unspecified atom stereocenters. The predicted octanol–water partition coefficient (Wildman–Crippen LogP) is 1.61. The van der Waals surface area contributed by atoms with Crippen molar-refractivity contribution >= 4 is 11.3 Å². The van der Waals surface area contributed by atoms with Gasteiger partial charge in [0.05, 0.1) is 12.3 Å². The third-order valence-corrected chi connectivity index (χ3v) is 3.65. The Bertz CT molecular complexity index is 431. The Morgan fingerprint density at radius 2 is 2.44 bits per heavy atom. The molecular weight excluding hydrogens is 250 g/mol. The van der Waals surface area contributed by atoms with Crippen molar-refractivity contribution in [2.45, 2.75) is 6.42 Å². The molecule has 7 heteroatoms. The van der Waals surface area contributed by atoms with Gasteiger partial charge < -0.3 is 4.74 Å². The molecule has 0 amide bonds. The van der Waals surface area contributed by atoms with Crippen LogP contribution in [0.1, 0.15) is 4.88 Å². The largest absolute Gasteiger partial charge is 0.477 e. The SMILES string of the molecule is CNC[N+]1(CCc2cccs2)C=C(OC)NN=N1. The topological polar surface area (TPSA) is 58.0 Å². The van der Waals surface area contributed by atoms with Crippen molar-refractivity contribution in [3.05, 3.63) is 34.5 Å². The third kappa shape index (κ3) is 3.06. The second-order valence-electron chi connectivity index (χ2n) is 4.05. The molecule has 2 rings (SSSR count). The Morgan fingerprint density at radius 1 is 1.56 bits per heavy atom. The average molecular weight is 268 g/mol. The van der Waals surface area contributed by atoms with Crippen LogP contribution in [-0.2, 0) is 11.2 Å². The molecule has 18 heavy (non-hydrogen) atoms. The molecule has 0 fully saturated rings. The van der Waals surface area contributed by atoms with Crippen LogP contribution >= 0.6 is 11.3 Å². The van der Waals surface area contributed by atoms with Crippen LogP contribution in [0.25, 0.3) is 0 Å². The van der Waals surface area contributed by atoms with E-state index in [1.165, 1.54) is 4.88 Å². The number of nitrogens with one attached hydrogen (secondary N) is 2. The summed E-state index contributed by atoms with van der Waals surface area (Å²) >= 11 is 1.76. The predicted molar refractivity (Wildman–Crippen MR) is 70.2 cm³/mol. The highest BCUT2D eigenvalue weighted by molar-refractivity contribution is 7.09. The molecule has 0 bridgehead atoms. The van der Waals surface area contributed by atoms with E-state index in [-0.39, 0.29) is 0 Å². The van der Waals surface area contributed by atoms with Gasteiger partial charge in [0.15, 0.2) is 12.9 Å². The molecule has 0 aliphatic carbocycles. The van der Waals surface area contributed by atoms with Crippen molar-refractivity contribution < 1.29 is 9.33 Å². The van der Waals surface area contributed by atoms with Crippen LogP contribution in [0.15, 0.2) is 40.0 Å². The average Bonchev–Trinajstić information content (AvgIpc) is 2.90. The van der Waals surface area contributed by atoms with Crippen molar-refractivity contribution in [3.63, 3.8) is 0 Å². The van der Waals surface area contributed by atoms with Gasteiger partial charge in [-0.2, -0.15) is 0 Å². The summed E-state index contributed by atoms with van der Waals surface area (Å²) < 4.78 is 5.58. The minimum atomic E-state index is 0.393. The van der Waals surface area contributed by atoms with E-state index < -0.39 is 0 Å². The molecule has 1 aliphatic heterocycles.